The van der Waals surface area contributed by atoms with Crippen LogP contribution in [0.15, 0.2) is 53.3 Å². The van der Waals surface area contributed by atoms with Crippen LogP contribution in [0.4, 0.5) is 5.69 Å². The molecule has 1 N–H and O–H groups in total. The third kappa shape index (κ3) is 4.24. The summed E-state index contributed by atoms with van der Waals surface area (Å²) in [6.45, 7) is 3.45. The fourth-order valence-electron chi connectivity index (χ4n) is 3.73. The highest BCUT2D eigenvalue weighted by Gasteiger charge is 2.21. The van der Waals surface area contributed by atoms with Crippen LogP contribution < -0.4 is 10.9 Å². The van der Waals surface area contributed by atoms with Gasteiger partial charge in [-0.2, -0.15) is 0 Å². The van der Waals surface area contributed by atoms with Gasteiger partial charge in [0.15, 0.2) is 0 Å². The number of anilines is 1. The maximum Gasteiger partial charge on any atom is 0.256 e. The lowest BCUT2D eigenvalue weighted by molar-refractivity contribution is -0.115. The fraction of sp³-hybridized carbons (Fsp3) is 0.160. The molecule has 5 nitrogen and oxygen atoms in total. The summed E-state index contributed by atoms with van der Waals surface area (Å²) in [5.41, 5.74) is 3.85. The molecular formula is C25H20Cl3N3O2. The van der Waals surface area contributed by atoms with Crippen molar-refractivity contribution in [3.63, 3.8) is 0 Å². The Hall–Kier alpha value is -2.86. The van der Waals surface area contributed by atoms with E-state index in [1.54, 1.807) is 45.2 Å². The second-order valence-corrected chi connectivity index (χ2v) is 8.85. The number of nitrogens with zero attached hydrogens (tertiary/aromatic N) is 2. The van der Waals surface area contributed by atoms with Crippen molar-refractivity contribution in [1.82, 2.24) is 9.55 Å². The Morgan fingerprint density at radius 1 is 1.06 bits per heavy atom. The van der Waals surface area contributed by atoms with Crippen LogP contribution in [0.25, 0.3) is 33.4 Å². The van der Waals surface area contributed by atoms with E-state index >= 15 is 0 Å². The smallest absolute Gasteiger partial charge is 0.256 e. The summed E-state index contributed by atoms with van der Waals surface area (Å²) < 4.78 is 1.47. The molecule has 0 bridgehead atoms. The van der Waals surface area contributed by atoms with Gasteiger partial charge in [0, 0.05) is 40.6 Å². The van der Waals surface area contributed by atoms with Gasteiger partial charge in [0.1, 0.15) is 5.65 Å². The quantitative estimate of drug-likeness (QED) is 0.332. The Balaban J connectivity index is 2.15. The number of halogens is 3. The molecule has 33 heavy (non-hydrogen) atoms. The summed E-state index contributed by atoms with van der Waals surface area (Å²) in [5.74, 6) is -0.192. The molecule has 0 spiro atoms. The number of fused-ring (bicyclic) bond motifs is 1. The molecule has 4 rings (SSSR count). The van der Waals surface area contributed by atoms with Gasteiger partial charge in [-0.15, -0.1) is 0 Å². The molecule has 2 aromatic heterocycles. The summed E-state index contributed by atoms with van der Waals surface area (Å²) in [4.78, 5) is 30.1. The van der Waals surface area contributed by atoms with Gasteiger partial charge in [0.25, 0.3) is 5.56 Å². The molecule has 0 saturated carbocycles. The lowest BCUT2D eigenvalue weighted by Crippen LogP contribution is -2.24. The molecule has 1 amide bonds. The molecule has 2 aromatic carbocycles. The minimum atomic E-state index is -0.246. The highest BCUT2D eigenvalue weighted by atomic mass is 35.5. The molecule has 0 radical (unpaired) electrons. The van der Waals surface area contributed by atoms with Crippen LogP contribution >= 0.6 is 34.8 Å². The normalized spacial score (nSPS) is 11.1. The van der Waals surface area contributed by atoms with Gasteiger partial charge in [-0.3, -0.25) is 14.2 Å². The molecule has 4 aromatic rings. The summed E-state index contributed by atoms with van der Waals surface area (Å²) >= 11 is 19.0. The molecule has 168 valence electrons. The number of aromatic nitrogens is 2. The first-order valence-electron chi connectivity index (χ1n) is 10.3. The predicted molar refractivity (Wildman–Crippen MR) is 137 cm³/mol. The van der Waals surface area contributed by atoms with E-state index in [1.165, 1.54) is 4.57 Å². The zero-order valence-electron chi connectivity index (χ0n) is 18.2. The van der Waals surface area contributed by atoms with E-state index in [4.69, 9.17) is 39.8 Å². The van der Waals surface area contributed by atoms with Crippen molar-refractivity contribution in [2.45, 2.75) is 20.3 Å². The lowest BCUT2D eigenvalue weighted by Gasteiger charge is -2.18. The molecule has 0 saturated heterocycles. The molecule has 0 unspecified atom stereocenters. The summed E-state index contributed by atoms with van der Waals surface area (Å²) in [5, 5.41) is 4.88. The first-order chi connectivity index (χ1) is 15.7. The Morgan fingerprint density at radius 3 is 2.42 bits per heavy atom. The second-order valence-electron chi connectivity index (χ2n) is 7.63. The Morgan fingerprint density at radius 2 is 1.76 bits per heavy atom. The largest absolute Gasteiger partial charge is 0.325 e. The van der Waals surface area contributed by atoms with E-state index in [0.717, 1.165) is 11.1 Å². The first kappa shape index (κ1) is 23.3. The predicted octanol–water partition coefficient (Wildman–Crippen LogP) is 6.88. The SMILES string of the molecule is CCC(=O)Nc1c(C)c(=O)n(C)c2nc(-c3cccc(Cl)c3Cl)c(-c3ccc(Cl)cc3)cc12. The van der Waals surface area contributed by atoms with Gasteiger partial charge in [-0.05, 0) is 36.8 Å². The van der Waals surface area contributed by atoms with Gasteiger partial charge < -0.3 is 5.32 Å². The number of nitrogens with one attached hydrogen (secondary N) is 1. The molecular weight excluding hydrogens is 481 g/mol. The van der Waals surface area contributed by atoms with Crippen molar-refractivity contribution in [3.05, 3.63) is 79.5 Å². The van der Waals surface area contributed by atoms with Crippen LogP contribution in [0.5, 0.6) is 0 Å². The van der Waals surface area contributed by atoms with Crippen molar-refractivity contribution >= 4 is 57.4 Å². The number of aryl methyl sites for hydroxylation is 1. The molecule has 8 heteroatoms. The summed E-state index contributed by atoms with van der Waals surface area (Å²) in [6, 6.07) is 14.6. The second kappa shape index (κ2) is 9.18. The van der Waals surface area contributed by atoms with E-state index in [1.807, 2.05) is 24.3 Å². The van der Waals surface area contributed by atoms with Gasteiger partial charge >= 0.3 is 0 Å². The molecule has 0 aliphatic carbocycles. The van der Waals surface area contributed by atoms with Crippen molar-refractivity contribution in [3.8, 4) is 22.4 Å². The van der Waals surface area contributed by atoms with Gasteiger partial charge in [0.2, 0.25) is 5.91 Å². The topological polar surface area (TPSA) is 64.0 Å². The van der Waals surface area contributed by atoms with E-state index < -0.39 is 0 Å². The number of amides is 1. The van der Waals surface area contributed by atoms with E-state index in [-0.39, 0.29) is 17.9 Å². The fourth-order valence-corrected chi connectivity index (χ4v) is 4.25. The zero-order valence-corrected chi connectivity index (χ0v) is 20.4. The van der Waals surface area contributed by atoms with E-state index in [0.29, 0.717) is 48.6 Å². The first-order valence-corrected chi connectivity index (χ1v) is 11.4. The van der Waals surface area contributed by atoms with E-state index in [2.05, 4.69) is 5.32 Å². The maximum absolute atomic E-state index is 12.9. The van der Waals surface area contributed by atoms with Crippen LogP contribution in [-0.2, 0) is 11.8 Å². The summed E-state index contributed by atoms with van der Waals surface area (Å²) in [6.07, 6.45) is 0.282. The average Bonchev–Trinajstić information content (AvgIpc) is 2.82. The van der Waals surface area contributed by atoms with Crippen LogP contribution in [0.2, 0.25) is 15.1 Å². The van der Waals surface area contributed by atoms with E-state index in [9.17, 15) is 9.59 Å². The third-order valence-corrected chi connectivity index (χ3v) is 6.61. The third-order valence-electron chi connectivity index (χ3n) is 5.54. The maximum atomic E-state index is 12.9. The van der Waals surface area contributed by atoms with Crippen LogP contribution in [0.1, 0.15) is 18.9 Å². The lowest BCUT2D eigenvalue weighted by atomic mass is 9.97. The monoisotopic (exact) mass is 499 g/mol. The molecule has 0 aliphatic rings. The number of benzene rings is 2. The van der Waals surface area contributed by atoms with Crippen molar-refractivity contribution < 1.29 is 4.79 Å². The Labute approximate surface area is 205 Å². The number of carbonyl (C=O) groups excluding carboxylic acids is 1. The van der Waals surface area contributed by atoms with Crippen molar-refractivity contribution in [2.24, 2.45) is 7.05 Å². The highest BCUT2D eigenvalue weighted by Crippen LogP contribution is 2.40. The number of hydrogen-bond donors (Lipinski definition) is 1. The minimum absolute atomic E-state index is 0.192. The van der Waals surface area contributed by atoms with Crippen LogP contribution in [-0.4, -0.2) is 15.5 Å². The molecule has 0 fully saturated rings. The van der Waals surface area contributed by atoms with Gasteiger partial charge in [-0.1, -0.05) is 66.0 Å². The van der Waals surface area contributed by atoms with Crippen molar-refractivity contribution in [1.29, 1.82) is 0 Å². The number of hydrogen-bond acceptors (Lipinski definition) is 3. The minimum Gasteiger partial charge on any atom is -0.325 e. The Kier molecular flexibility index (Phi) is 6.48. The van der Waals surface area contributed by atoms with Gasteiger partial charge in [-0.25, -0.2) is 4.98 Å². The molecule has 2 heterocycles. The zero-order chi connectivity index (χ0) is 23.9. The number of carbonyl (C=O) groups is 1. The molecule has 0 atom stereocenters. The number of pyridine rings is 2. The highest BCUT2D eigenvalue weighted by molar-refractivity contribution is 6.43. The molecule has 0 aliphatic heterocycles. The van der Waals surface area contributed by atoms with Crippen LogP contribution in [0.3, 0.4) is 0 Å². The van der Waals surface area contributed by atoms with Crippen molar-refractivity contribution in [2.75, 3.05) is 5.32 Å². The number of rotatable bonds is 4. The average molecular weight is 501 g/mol. The van der Waals surface area contributed by atoms with Gasteiger partial charge in [0.05, 0.1) is 21.4 Å². The Bertz CT molecular complexity index is 1460. The standard InChI is InChI=1S/C25H20Cl3N3O2/c1-4-20(32)29-22-13(2)25(33)31(3)24-18(22)12-17(14-8-10-15(26)11-9-14)23(30-24)16-6-5-7-19(27)21(16)28/h5-12H,4H2,1-3H3,(H,29,32). The summed E-state index contributed by atoms with van der Waals surface area (Å²) in [7, 11) is 1.65. The van der Waals surface area contributed by atoms with Crippen LogP contribution in [0, 0.1) is 6.92 Å².